The number of benzene rings is 2. The third-order valence-electron chi connectivity index (χ3n) is 3.70. The van der Waals surface area contributed by atoms with Gasteiger partial charge in [0.1, 0.15) is 5.01 Å². The Hall–Kier alpha value is -1.95. The molecule has 1 heterocycles. The molecular formula is C18H15Cl2N3OS. The highest BCUT2D eigenvalue weighted by Crippen LogP contribution is 2.28. The number of carbonyl (C=O) groups is 1. The van der Waals surface area contributed by atoms with E-state index in [9.17, 15) is 4.79 Å². The van der Waals surface area contributed by atoms with Crippen molar-refractivity contribution in [3.05, 3.63) is 74.2 Å². The van der Waals surface area contributed by atoms with Crippen molar-refractivity contribution in [3.8, 4) is 0 Å². The van der Waals surface area contributed by atoms with E-state index in [2.05, 4.69) is 22.4 Å². The summed E-state index contributed by atoms with van der Waals surface area (Å²) in [6.45, 7) is 2.07. The second-order valence-electron chi connectivity index (χ2n) is 5.38. The third-order valence-corrected chi connectivity index (χ3v) is 5.25. The van der Waals surface area contributed by atoms with Crippen molar-refractivity contribution >= 4 is 45.6 Å². The molecule has 4 nitrogen and oxygen atoms in total. The van der Waals surface area contributed by atoms with E-state index in [1.807, 2.05) is 12.1 Å². The van der Waals surface area contributed by atoms with Gasteiger partial charge in [-0.3, -0.25) is 10.1 Å². The molecule has 0 bridgehead atoms. The Morgan fingerprint density at radius 1 is 1.08 bits per heavy atom. The van der Waals surface area contributed by atoms with Gasteiger partial charge in [0.15, 0.2) is 0 Å². The number of amides is 1. The maximum absolute atomic E-state index is 12.3. The van der Waals surface area contributed by atoms with Crippen LogP contribution in [0.1, 0.15) is 33.4 Å². The van der Waals surface area contributed by atoms with E-state index < -0.39 is 0 Å². The second kappa shape index (κ2) is 7.95. The van der Waals surface area contributed by atoms with Crippen molar-refractivity contribution in [2.24, 2.45) is 0 Å². The van der Waals surface area contributed by atoms with Crippen LogP contribution in [0.25, 0.3) is 0 Å². The van der Waals surface area contributed by atoms with Crippen LogP contribution in [-0.2, 0) is 12.8 Å². The van der Waals surface area contributed by atoms with Crippen molar-refractivity contribution in [2.45, 2.75) is 19.8 Å². The molecule has 0 radical (unpaired) electrons. The van der Waals surface area contributed by atoms with Gasteiger partial charge in [0.05, 0.1) is 0 Å². The minimum atomic E-state index is -0.207. The fourth-order valence-electron chi connectivity index (χ4n) is 2.29. The van der Waals surface area contributed by atoms with Gasteiger partial charge in [-0.1, -0.05) is 59.7 Å². The van der Waals surface area contributed by atoms with Gasteiger partial charge < -0.3 is 0 Å². The molecule has 0 aliphatic heterocycles. The van der Waals surface area contributed by atoms with Crippen LogP contribution in [-0.4, -0.2) is 16.1 Å². The maximum atomic E-state index is 12.3. The first-order chi connectivity index (χ1) is 12.1. The molecule has 0 saturated heterocycles. The smallest absolute Gasteiger partial charge is 0.257 e. The van der Waals surface area contributed by atoms with Gasteiger partial charge in [-0.2, -0.15) is 0 Å². The summed E-state index contributed by atoms with van der Waals surface area (Å²) in [4.78, 5) is 12.3. The van der Waals surface area contributed by atoms with Gasteiger partial charge >= 0.3 is 0 Å². The van der Waals surface area contributed by atoms with Crippen LogP contribution in [0.15, 0.2) is 42.5 Å². The highest BCUT2D eigenvalue weighted by Gasteiger charge is 2.13. The number of rotatable bonds is 5. The average Bonchev–Trinajstić information content (AvgIpc) is 3.05. The number of anilines is 1. The molecule has 2 aromatic carbocycles. The number of nitrogens with one attached hydrogen (secondary N) is 1. The Morgan fingerprint density at radius 2 is 1.76 bits per heavy atom. The fourth-order valence-corrected chi connectivity index (χ4v) is 3.57. The van der Waals surface area contributed by atoms with Crippen molar-refractivity contribution < 1.29 is 4.79 Å². The van der Waals surface area contributed by atoms with Gasteiger partial charge in [0.2, 0.25) is 5.13 Å². The zero-order valence-electron chi connectivity index (χ0n) is 13.4. The molecule has 1 aromatic heterocycles. The van der Waals surface area contributed by atoms with Crippen LogP contribution in [0.2, 0.25) is 10.0 Å². The van der Waals surface area contributed by atoms with Crippen LogP contribution in [0.3, 0.4) is 0 Å². The number of halogens is 2. The molecule has 0 fully saturated rings. The summed E-state index contributed by atoms with van der Waals surface area (Å²) in [6, 6.07) is 12.9. The lowest BCUT2D eigenvalue weighted by Crippen LogP contribution is -2.11. The minimum absolute atomic E-state index is 0.207. The van der Waals surface area contributed by atoms with E-state index in [1.165, 1.54) is 16.9 Å². The highest BCUT2D eigenvalue weighted by atomic mass is 35.5. The molecule has 0 saturated carbocycles. The molecule has 0 aliphatic carbocycles. The lowest BCUT2D eigenvalue weighted by molar-refractivity contribution is 0.102. The summed E-state index contributed by atoms with van der Waals surface area (Å²) in [5.74, 6) is -0.207. The van der Waals surface area contributed by atoms with Crippen LogP contribution in [0.5, 0.6) is 0 Å². The first-order valence-electron chi connectivity index (χ1n) is 7.72. The summed E-state index contributed by atoms with van der Waals surface area (Å²) in [5, 5.41) is 13.2. The van der Waals surface area contributed by atoms with Gasteiger partial charge in [0.25, 0.3) is 5.91 Å². The van der Waals surface area contributed by atoms with Crippen molar-refractivity contribution in [1.29, 1.82) is 0 Å². The number of hydrogen-bond acceptors (Lipinski definition) is 4. The topological polar surface area (TPSA) is 54.9 Å². The highest BCUT2D eigenvalue weighted by molar-refractivity contribution is 7.15. The van der Waals surface area contributed by atoms with E-state index >= 15 is 0 Å². The van der Waals surface area contributed by atoms with E-state index in [0.717, 1.165) is 17.0 Å². The molecule has 25 heavy (non-hydrogen) atoms. The normalized spacial score (nSPS) is 10.7. The van der Waals surface area contributed by atoms with E-state index in [1.54, 1.807) is 30.3 Å². The molecule has 3 aromatic rings. The lowest BCUT2D eigenvalue weighted by atomic mass is 10.1. The largest absolute Gasteiger partial charge is 0.296 e. The van der Waals surface area contributed by atoms with Crippen molar-refractivity contribution in [3.63, 3.8) is 0 Å². The zero-order valence-corrected chi connectivity index (χ0v) is 15.8. The predicted octanol–water partition coefficient (Wildman–Crippen LogP) is 5.25. The van der Waals surface area contributed by atoms with Gasteiger partial charge in [-0.25, -0.2) is 0 Å². The summed E-state index contributed by atoms with van der Waals surface area (Å²) < 4.78 is 0. The SMILES string of the molecule is CCc1ccc(C(=O)Nc2nnc(Cc3c(Cl)cccc3Cl)s2)cc1. The number of aromatic nitrogens is 2. The van der Waals surface area contributed by atoms with Gasteiger partial charge in [-0.15, -0.1) is 10.2 Å². The number of hydrogen-bond donors (Lipinski definition) is 1. The third kappa shape index (κ3) is 4.37. The fraction of sp³-hybridized carbons (Fsp3) is 0.167. The molecule has 1 amide bonds. The predicted molar refractivity (Wildman–Crippen MR) is 103 cm³/mol. The molecule has 128 valence electrons. The first-order valence-corrected chi connectivity index (χ1v) is 9.29. The standard InChI is InChI=1S/C18H15Cl2N3OS/c1-2-11-6-8-12(9-7-11)17(24)21-18-23-22-16(25-18)10-13-14(19)4-3-5-15(13)20/h3-9H,2,10H2,1H3,(H,21,23,24). The van der Waals surface area contributed by atoms with Crippen LogP contribution >= 0.6 is 34.5 Å². The minimum Gasteiger partial charge on any atom is -0.296 e. The molecule has 3 rings (SSSR count). The number of carbonyl (C=O) groups excluding carboxylic acids is 1. The molecule has 0 unspecified atom stereocenters. The number of aryl methyl sites for hydroxylation is 1. The van der Waals surface area contributed by atoms with Crippen LogP contribution in [0, 0.1) is 0 Å². The molecule has 7 heteroatoms. The van der Waals surface area contributed by atoms with Gasteiger partial charge in [0, 0.05) is 22.0 Å². The summed E-state index contributed by atoms with van der Waals surface area (Å²) in [5.41, 5.74) is 2.57. The summed E-state index contributed by atoms with van der Waals surface area (Å²) in [7, 11) is 0. The lowest BCUT2D eigenvalue weighted by Gasteiger charge is -2.03. The summed E-state index contributed by atoms with van der Waals surface area (Å²) >= 11 is 13.7. The van der Waals surface area contributed by atoms with Crippen molar-refractivity contribution in [1.82, 2.24) is 10.2 Å². The Kier molecular flexibility index (Phi) is 5.68. The average molecular weight is 392 g/mol. The molecule has 0 atom stereocenters. The van der Waals surface area contributed by atoms with E-state index in [4.69, 9.17) is 23.2 Å². The zero-order chi connectivity index (χ0) is 17.8. The quantitative estimate of drug-likeness (QED) is 0.645. The van der Waals surface area contributed by atoms with E-state index in [-0.39, 0.29) is 5.91 Å². The monoisotopic (exact) mass is 391 g/mol. The second-order valence-corrected chi connectivity index (χ2v) is 7.26. The maximum Gasteiger partial charge on any atom is 0.257 e. The summed E-state index contributed by atoms with van der Waals surface area (Å²) in [6.07, 6.45) is 1.41. The first kappa shape index (κ1) is 17.9. The molecular weight excluding hydrogens is 377 g/mol. The number of nitrogens with zero attached hydrogens (tertiary/aromatic N) is 2. The Morgan fingerprint density at radius 3 is 2.40 bits per heavy atom. The van der Waals surface area contributed by atoms with Gasteiger partial charge in [-0.05, 0) is 41.8 Å². The molecule has 0 aliphatic rings. The van der Waals surface area contributed by atoms with Crippen LogP contribution in [0.4, 0.5) is 5.13 Å². The Labute approximate surface area is 159 Å². The van der Waals surface area contributed by atoms with Crippen LogP contribution < -0.4 is 5.32 Å². The van der Waals surface area contributed by atoms with E-state index in [0.29, 0.717) is 27.2 Å². The molecule has 0 spiro atoms. The molecule has 1 N–H and O–H groups in total. The Balaban J connectivity index is 1.70. The Bertz CT molecular complexity index is 873. The van der Waals surface area contributed by atoms with Crippen molar-refractivity contribution in [2.75, 3.05) is 5.32 Å².